The average Bonchev–Trinajstić information content (AvgIpc) is 2.39. The van der Waals surface area contributed by atoms with E-state index in [0.717, 1.165) is 17.7 Å². The van der Waals surface area contributed by atoms with Crippen LogP contribution in [-0.4, -0.2) is 46.8 Å². The van der Waals surface area contributed by atoms with Crippen molar-refractivity contribution in [2.45, 2.75) is 12.3 Å². The van der Waals surface area contributed by atoms with Gasteiger partial charge in [-0.1, -0.05) is 24.3 Å². The van der Waals surface area contributed by atoms with E-state index < -0.39 is 10.0 Å². The Morgan fingerprint density at radius 2 is 1.95 bits per heavy atom. The molecule has 1 aromatic carbocycles. The zero-order valence-corrected chi connectivity index (χ0v) is 12.4. The minimum Gasteiger partial charge on any atom is -0.379 e. The van der Waals surface area contributed by atoms with Crippen LogP contribution in [0.1, 0.15) is 11.1 Å². The third kappa shape index (κ3) is 4.84. The summed E-state index contributed by atoms with van der Waals surface area (Å²) in [5, 5.41) is 4.74. The molecule has 1 aliphatic heterocycles. The Labute approximate surface area is 120 Å². The molecule has 0 radical (unpaired) electrons. The van der Waals surface area contributed by atoms with Gasteiger partial charge in [-0.05, 0) is 18.2 Å². The lowest BCUT2D eigenvalue weighted by molar-refractivity contribution is 0.0272. The van der Waals surface area contributed by atoms with Crippen molar-refractivity contribution in [2.24, 2.45) is 0 Å². The zero-order valence-electron chi connectivity index (χ0n) is 11.6. The van der Waals surface area contributed by atoms with Crippen molar-refractivity contribution in [3.8, 4) is 0 Å². The highest BCUT2D eigenvalue weighted by Gasteiger charge is 2.18. The molecule has 2 rings (SSSR count). The van der Waals surface area contributed by atoms with Crippen LogP contribution >= 0.6 is 0 Å². The van der Waals surface area contributed by atoms with Crippen LogP contribution in [0, 0.1) is 0 Å². The summed E-state index contributed by atoms with van der Waals surface area (Å²) in [4.78, 5) is 2.61. The molecule has 7 heteroatoms. The van der Waals surface area contributed by atoms with E-state index in [4.69, 9.17) is 4.74 Å². The predicted molar refractivity (Wildman–Crippen MR) is 77.4 cm³/mol. The standard InChI is InChI=1S/C13H21N3O3S/c1-14-10-12-3-2-4-13(9-12)11-20(17,18)15-16-5-7-19-8-6-16/h2-4,9,14-15H,5-8,10-11H2,1H3. The molecule has 0 saturated carbocycles. The van der Waals surface area contributed by atoms with Crippen LogP contribution in [0.25, 0.3) is 0 Å². The number of benzene rings is 1. The quantitative estimate of drug-likeness (QED) is 0.778. The van der Waals surface area contributed by atoms with Gasteiger partial charge in [0.25, 0.3) is 0 Å². The Morgan fingerprint density at radius 1 is 1.25 bits per heavy atom. The lowest BCUT2D eigenvalue weighted by Gasteiger charge is -2.26. The minimum atomic E-state index is -3.37. The fraction of sp³-hybridized carbons (Fsp3) is 0.538. The normalized spacial score (nSPS) is 17.2. The van der Waals surface area contributed by atoms with E-state index in [2.05, 4.69) is 10.1 Å². The van der Waals surface area contributed by atoms with Gasteiger partial charge in [0.15, 0.2) is 0 Å². The summed E-state index contributed by atoms with van der Waals surface area (Å²) in [5.74, 6) is -0.0120. The molecule has 0 unspecified atom stereocenters. The maximum Gasteiger partial charge on any atom is 0.228 e. The molecule has 0 bridgehead atoms. The molecule has 1 heterocycles. The molecular weight excluding hydrogens is 278 g/mol. The Kier molecular flexibility index (Phi) is 5.50. The molecule has 2 N–H and O–H groups in total. The summed E-state index contributed by atoms with van der Waals surface area (Å²) < 4.78 is 29.4. The SMILES string of the molecule is CNCc1cccc(CS(=O)(=O)NN2CCOCC2)c1. The monoisotopic (exact) mass is 299 g/mol. The van der Waals surface area contributed by atoms with Gasteiger partial charge in [-0.15, -0.1) is 4.83 Å². The summed E-state index contributed by atoms with van der Waals surface area (Å²) in [6.45, 7) is 3.00. The molecule has 0 aliphatic carbocycles. The van der Waals surface area contributed by atoms with E-state index >= 15 is 0 Å². The molecule has 0 amide bonds. The molecule has 1 aliphatic rings. The van der Waals surface area contributed by atoms with E-state index in [-0.39, 0.29) is 5.75 Å². The lowest BCUT2D eigenvalue weighted by atomic mass is 10.1. The molecule has 1 saturated heterocycles. The molecule has 1 fully saturated rings. The van der Waals surface area contributed by atoms with Crippen LogP contribution in [0.3, 0.4) is 0 Å². The summed E-state index contributed by atoms with van der Waals surface area (Å²) in [5.41, 5.74) is 1.87. The van der Waals surface area contributed by atoms with Crippen molar-refractivity contribution >= 4 is 10.0 Å². The molecule has 6 nitrogen and oxygen atoms in total. The largest absolute Gasteiger partial charge is 0.379 e. The highest BCUT2D eigenvalue weighted by Crippen LogP contribution is 2.09. The lowest BCUT2D eigenvalue weighted by Crippen LogP contribution is -2.48. The molecule has 0 aromatic heterocycles. The number of sulfonamides is 1. The number of nitrogens with zero attached hydrogens (tertiary/aromatic N) is 1. The second-order valence-corrected chi connectivity index (χ2v) is 6.50. The molecule has 0 spiro atoms. The first-order chi connectivity index (χ1) is 9.59. The Bertz CT molecular complexity index is 527. The second-order valence-electron chi connectivity index (χ2n) is 4.80. The van der Waals surface area contributed by atoms with Crippen molar-refractivity contribution < 1.29 is 13.2 Å². The number of nitrogens with one attached hydrogen (secondary N) is 2. The van der Waals surface area contributed by atoms with E-state index in [1.807, 2.05) is 31.3 Å². The summed E-state index contributed by atoms with van der Waals surface area (Å²) in [6.07, 6.45) is 0. The van der Waals surface area contributed by atoms with Gasteiger partial charge in [0.2, 0.25) is 10.0 Å². The minimum absolute atomic E-state index is 0.0120. The first kappa shape index (κ1) is 15.4. The first-order valence-corrected chi connectivity index (χ1v) is 8.29. The van der Waals surface area contributed by atoms with E-state index in [9.17, 15) is 8.42 Å². The van der Waals surface area contributed by atoms with Gasteiger partial charge in [0, 0.05) is 19.6 Å². The number of ether oxygens (including phenoxy) is 1. The van der Waals surface area contributed by atoms with E-state index in [1.165, 1.54) is 0 Å². The molecule has 112 valence electrons. The average molecular weight is 299 g/mol. The van der Waals surface area contributed by atoms with Crippen LogP contribution < -0.4 is 10.1 Å². The van der Waals surface area contributed by atoms with E-state index in [1.54, 1.807) is 5.01 Å². The smallest absolute Gasteiger partial charge is 0.228 e. The van der Waals surface area contributed by atoms with Crippen molar-refractivity contribution in [3.63, 3.8) is 0 Å². The van der Waals surface area contributed by atoms with Gasteiger partial charge < -0.3 is 10.1 Å². The van der Waals surface area contributed by atoms with Crippen molar-refractivity contribution in [1.29, 1.82) is 0 Å². The fourth-order valence-electron chi connectivity index (χ4n) is 2.14. The van der Waals surface area contributed by atoms with Crippen molar-refractivity contribution in [3.05, 3.63) is 35.4 Å². The predicted octanol–water partition coefficient (Wildman–Crippen LogP) is 0.0726. The van der Waals surface area contributed by atoms with Gasteiger partial charge in [0.1, 0.15) is 0 Å². The Hall–Kier alpha value is -0.990. The number of hydrazine groups is 1. The highest BCUT2D eigenvalue weighted by molar-refractivity contribution is 7.88. The van der Waals surface area contributed by atoms with Crippen LogP contribution in [0.4, 0.5) is 0 Å². The van der Waals surface area contributed by atoms with E-state index in [0.29, 0.717) is 26.3 Å². The van der Waals surface area contributed by atoms with Gasteiger partial charge in [-0.25, -0.2) is 13.4 Å². The fourth-order valence-corrected chi connectivity index (χ4v) is 3.40. The number of hydrogen-bond donors (Lipinski definition) is 2. The first-order valence-electron chi connectivity index (χ1n) is 6.64. The molecular formula is C13H21N3O3S. The van der Waals surface area contributed by atoms with Gasteiger partial charge in [-0.2, -0.15) is 0 Å². The maximum atomic E-state index is 12.1. The third-order valence-corrected chi connectivity index (χ3v) is 4.26. The Morgan fingerprint density at radius 3 is 2.65 bits per heavy atom. The highest BCUT2D eigenvalue weighted by atomic mass is 32.2. The molecule has 20 heavy (non-hydrogen) atoms. The summed E-state index contributed by atoms with van der Waals surface area (Å²) in [7, 11) is -1.50. The summed E-state index contributed by atoms with van der Waals surface area (Å²) in [6, 6.07) is 7.60. The van der Waals surface area contributed by atoms with Crippen LogP contribution in [0.5, 0.6) is 0 Å². The van der Waals surface area contributed by atoms with Crippen molar-refractivity contribution in [1.82, 2.24) is 15.2 Å². The van der Waals surface area contributed by atoms with Crippen LogP contribution in [0.15, 0.2) is 24.3 Å². The zero-order chi connectivity index (χ0) is 14.4. The molecule has 1 aromatic rings. The van der Waals surface area contributed by atoms with Crippen molar-refractivity contribution in [2.75, 3.05) is 33.4 Å². The van der Waals surface area contributed by atoms with Crippen LogP contribution in [-0.2, 0) is 27.1 Å². The topological polar surface area (TPSA) is 70.7 Å². The maximum absolute atomic E-state index is 12.1. The third-order valence-electron chi connectivity index (χ3n) is 3.01. The summed E-state index contributed by atoms with van der Waals surface area (Å²) >= 11 is 0. The number of morpholine rings is 1. The van der Waals surface area contributed by atoms with Gasteiger partial charge in [0.05, 0.1) is 19.0 Å². The number of rotatable bonds is 6. The molecule has 0 atom stereocenters. The second kappa shape index (κ2) is 7.14. The van der Waals surface area contributed by atoms with Gasteiger partial charge in [-0.3, -0.25) is 0 Å². The van der Waals surface area contributed by atoms with Crippen LogP contribution in [0.2, 0.25) is 0 Å². The Balaban J connectivity index is 1.98. The van der Waals surface area contributed by atoms with Gasteiger partial charge >= 0.3 is 0 Å². The number of hydrogen-bond acceptors (Lipinski definition) is 5.